The highest BCUT2D eigenvalue weighted by atomic mass is 16.5. The van der Waals surface area contributed by atoms with Crippen molar-refractivity contribution in [2.45, 2.75) is 26.6 Å². The molecule has 0 heterocycles. The average Bonchev–Trinajstić information content (AvgIpc) is 2.02. The lowest BCUT2D eigenvalue weighted by molar-refractivity contribution is 0.0645. The highest BCUT2D eigenvalue weighted by Gasteiger charge is 2.03. The molecule has 0 spiro atoms. The van der Waals surface area contributed by atoms with E-state index in [0.717, 1.165) is 0 Å². The Labute approximate surface area is 77.6 Å². The summed E-state index contributed by atoms with van der Waals surface area (Å²) >= 11 is 0. The number of phenols is 2. The number of aromatic hydroxyl groups is 2. The number of phenolic OH excluding ortho intramolecular Hbond substituents is 2. The monoisotopic (exact) mass is 182 g/mol. The van der Waals surface area contributed by atoms with E-state index in [1.165, 1.54) is 12.1 Å². The minimum absolute atomic E-state index is 0.0609. The van der Waals surface area contributed by atoms with Crippen LogP contribution in [0.5, 0.6) is 11.5 Å². The van der Waals surface area contributed by atoms with Gasteiger partial charge >= 0.3 is 0 Å². The molecule has 0 amide bonds. The average molecular weight is 182 g/mol. The molecule has 1 rings (SSSR count). The predicted octanol–water partition coefficient (Wildman–Crippen LogP) is 2.02. The molecule has 0 aliphatic carbocycles. The SMILES string of the molecule is CC(C)OCc1ccc(O)cc1O. The van der Waals surface area contributed by atoms with Gasteiger partial charge in [0.25, 0.3) is 0 Å². The summed E-state index contributed by atoms with van der Waals surface area (Å²) in [5.41, 5.74) is 0.687. The van der Waals surface area contributed by atoms with Gasteiger partial charge in [0.05, 0.1) is 12.7 Å². The molecule has 1 aromatic rings. The lowest BCUT2D eigenvalue weighted by atomic mass is 10.2. The number of hydrogen-bond acceptors (Lipinski definition) is 3. The number of benzene rings is 1. The molecule has 13 heavy (non-hydrogen) atoms. The van der Waals surface area contributed by atoms with Crippen molar-refractivity contribution in [3.8, 4) is 11.5 Å². The molecule has 2 N–H and O–H groups in total. The molecular formula is C10H14O3. The minimum Gasteiger partial charge on any atom is -0.508 e. The Morgan fingerprint density at radius 1 is 1.31 bits per heavy atom. The molecule has 3 heteroatoms. The quantitative estimate of drug-likeness (QED) is 0.751. The first-order valence-corrected chi connectivity index (χ1v) is 4.22. The van der Waals surface area contributed by atoms with E-state index in [0.29, 0.717) is 12.2 Å². The third kappa shape index (κ3) is 2.95. The van der Waals surface area contributed by atoms with Gasteiger partial charge in [0.15, 0.2) is 0 Å². The van der Waals surface area contributed by atoms with Crippen LogP contribution in [0.2, 0.25) is 0 Å². The van der Waals surface area contributed by atoms with Crippen molar-refractivity contribution >= 4 is 0 Å². The number of hydrogen-bond donors (Lipinski definition) is 2. The summed E-state index contributed by atoms with van der Waals surface area (Å²) in [6.07, 6.45) is 0.133. The zero-order valence-electron chi connectivity index (χ0n) is 7.82. The maximum Gasteiger partial charge on any atom is 0.124 e. The van der Waals surface area contributed by atoms with Crippen molar-refractivity contribution in [3.05, 3.63) is 23.8 Å². The van der Waals surface area contributed by atoms with E-state index >= 15 is 0 Å². The summed E-state index contributed by atoms with van der Waals surface area (Å²) in [5, 5.41) is 18.4. The van der Waals surface area contributed by atoms with Crippen LogP contribution in [0.1, 0.15) is 19.4 Å². The van der Waals surface area contributed by atoms with Gasteiger partial charge in [0.2, 0.25) is 0 Å². The van der Waals surface area contributed by atoms with E-state index in [1.54, 1.807) is 6.07 Å². The van der Waals surface area contributed by atoms with Crippen LogP contribution in [0.15, 0.2) is 18.2 Å². The minimum atomic E-state index is 0.0609. The van der Waals surface area contributed by atoms with Gasteiger partial charge in [0, 0.05) is 11.6 Å². The van der Waals surface area contributed by atoms with Crippen LogP contribution in [0.3, 0.4) is 0 Å². The Balaban J connectivity index is 2.67. The van der Waals surface area contributed by atoms with Crippen molar-refractivity contribution in [1.82, 2.24) is 0 Å². The number of ether oxygens (including phenoxy) is 1. The maximum atomic E-state index is 9.36. The maximum absolute atomic E-state index is 9.36. The highest BCUT2D eigenvalue weighted by molar-refractivity contribution is 5.38. The topological polar surface area (TPSA) is 49.7 Å². The first-order valence-electron chi connectivity index (χ1n) is 4.22. The lowest BCUT2D eigenvalue weighted by Gasteiger charge is -2.08. The lowest BCUT2D eigenvalue weighted by Crippen LogP contribution is -2.02. The van der Waals surface area contributed by atoms with Crippen molar-refractivity contribution in [1.29, 1.82) is 0 Å². The zero-order chi connectivity index (χ0) is 9.84. The van der Waals surface area contributed by atoms with Gasteiger partial charge in [-0.25, -0.2) is 0 Å². The van der Waals surface area contributed by atoms with Crippen LogP contribution in [-0.2, 0) is 11.3 Å². The third-order valence-electron chi connectivity index (χ3n) is 1.64. The molecule has 0 aromatic heterocycles. The molecule has 1 aromatic carbocycles. The van der Waals surface area contributed by atoms with Crippen LogP contribution in [0.4, 0.5) is 0 Å². The van der Waals surface area contributed by atoms with Gasteiger partial charge in [-0.2, -0.15) is 0 Å². The smallest absolute Gasteiger partial charge is 0.124 e. The fourth-order valence-corrected chi connectivity index (χ4v) is 0.931. The molecule has 0 saturated carbocycles. The van der Waals surface area contributed by atoms with Gasteiger partial charge in [-0.1, -0.05) is 0 Å². The van der Waals surface area contributed by atoms with Crippen molar-refractivity contribution < 1.29 is 14.9 Å². The molecule has 0 aliphatic heterocycles. The molecule has 0 radical (unpaired) electrons. The fourth-order valence-electron chi connectivity index (χ4n) is 0.931. The molecule has 3 nitrogen and oxygen atoms in total. The predicted molar refractivity (Wildman–Crippen MR) is 49.7 cm³/mol. The third-order valence-corrected chi connectivity index (χ3v) is 1.64. The van der Waals surface area contributed by atoms with Crippen molar-refractivity contribution in [2.75, 3.05) is 0 Å². The summed E-state index contributed by atoms with van der Waals surface area (Å²) in [6.45, 7) is 4.22. The molecule has 0 atom stereocenters. The van der Waals surface area contributed by atoms with Gasteiger partial charge in [-0.05, 0) is 26.0 Å². The summed E-state index contributed by atoms with van der Waals surface area (Å²) in [6, 6.07) is 4.48. The van der Waals surface area contributed by atoms with Crippen LogP contribution in [0, 0.1) is 0 Å². The van der Waals surface area contributed by atoms with E-state index < -0.39 is 0 Å². The molecule has 72 valence electrons. The van der Waals surface area contributed by atoms with E-state index in [1.807, 2.05) is 13.8 Å². The fraction of sp³-hybridized carbons (Fsp3) is 0.400. The normalized spacial score (nSPS) is 10.7. The Kier molecular flexibility index (Phi) is 3.14. The van der Waals surface area contributed by atoms with Crippen LogP contribution < -0.4 is 0 Å². The first-order chi connectivity index (χ1) is 6.09. The van der Waals surface area contributed by atoms with Gasteiger partial charge in [0.1, 0.15) is 11.5 Å². The Morgan fingerprint density at radius 2 is 2.00 bits per heavy atom. The second kappa shape index (κ2) is 4.14. The standard InChI is InChI=1S/C10H14O3/c1-7(2)13-6-8-3-4-9(11)5-10(8)12/h3-5,7,11-12H,6H2,1-2H3. The largest absolute Gasteiger partial charge is 0.508 e. The second-order valence-electron chi connectivity index (χ2n) is 3.17. The Hall–Kier alpha value is -1.22. The van der Waals surface area contributed by atoms with Gasteiger partial charge < -0.3 is 14.9 Å². The highest BCUT2D eigenvalue weighted by Crippen LogP contribution is 2.23. The number of rotatable bonds is 3. The molecule has 0 fully saturated rings. The Bertz CT molecular complexity index is 281. The van der Waals surface area contributed by atoms with E-state index in [-0.39, 0.29) is 17.6 Å². The summed E-state index contributed by atoms with van der Waals surface area (Å²) in [5.74, 6) is 0.131. The zero-order valence-corrected chi connectivity index (χ0v) is 7.82. The van der Waals surface area contributed by atoms with Gasteiger partial charge in [-0.3, -0.25) is 0 Å². The van der Waals surface area contributed by atoms with E-state index in [2.05, 4.69) is 0 Å². The summed E-state index contributed by atoms with van der Waals surface area (Å²) in [7, 11) is 0. The van der Waals surface area contributed by atoms with Crippen molar-refractivity contribution in [3.63, 3.8) is 0 Å². The second-order valence-corrected chi connectivity index (χ2v) is 3.17. The summed E-state index contributed by atoms with van der Waals surface area (Å²) in [4.78, 5) is 0. The van der Waals surface area contributed by atoms with Crippen LogP contribution in [0.25, 0.3) is 0 Å². The first kappa shape index (κ1) is 9.86. The van der Waals surface area contributed by atoms with E-state index in [9.17, 15) is 5.11 Å². The molecule has 0 bridgehead atoms. The van der Waals surface area contributed by atoms with Gasteiger partial charge in [-0.15, -0.1) is 0 Å². The molecule has 0 aliphatic rings. The van der Waals surface area contributed by atoms with Crippen LogP contribution in [-0.4, -0.2) is 16.3 Å². The Morgan fingerprint density at radius 3 is 2.54 bits per heavy atom. The molecule has 0 unspecified atom stereocenters. The van der Waals surface area contributed by atoms with Crippen LogP contribution >= 0.6 is 0 Å². The molecule has 0 saturated heterocycles. The van der Waals surface area contributed by atoms with E-state index in [4.69, 9.17) is 9.84 Å². The van der Waals surface area contributed by atoms with Crippen molar-refractivity contribution in [2.24, 2.45) is 0 Å². The summed E-state index contributed by atoms with van der Waals surface area (Å²) < 4.78 is 5.31. The molecular weight excluding hydrogens is 168 g/mol.